The molecule has 0 radical (unpaired) electrons. The fourth-order valence-electron chi connectivity index (χ4n) is 2.15. The van der Waals surface area contributed by atoms with E-state index in [0.29, 0.717) is 17.9 Å². The van der Waals surface area contributed by atoms with Crippen molar-refractivity contribution in [1.82, 2.24) is 5.32 Å². The van der Waals surface area contributed by atoms with Crippen LogP contribution in [0.25, 0.3) is 0 Å². The van der Waals surface area contributed by atoms with Crippen molar-refractivity contribution in [3.05, 3.63) is 96.9 Å². The Balaban J connectivity index is 1.87. The molecule has 0 aromatic heterocycles. The number of amides is 1. The van der Waals surface area contributed by atoms with Crippen molar-refractivity contribution in [3.8, 4) is 5.75 Å². The van der Waals surface area contributed by atoms with Gasteiger partial charge in [0, 0.05) is 24.0 Å². The molecule has 0 aliphatic rings. The number of ether oxygens (including phenoxy) is 1. The number of carbonyl (C=O) groups is 1. The Kier molecular flexibility index (Phi) is 7.25. The van der Waals surface area contributed by atoms with Crippen LogP contribution in [0.15, 0.2) is 91.4 Å². The van der Waals surface area contributed by atoms with Crippen molar-refractivity contribution in [3.63, 3.8) is 0 Å². The summed E-state index contributed by atoms with van der Waals surface area (Å²) in [6.45, 7) is 9.66. The lowest BCUT2D eigenvalue weighted by Crippen LogP contribution is -2.25. The first kappa shape index (κ1) is 19.1. The largest absolute Gasteiger partial charge is 0.456 e. The molecule has 0 saturated carbocycles. The summed E-state index contributed by atoms with van der Waals surface area (Å²) < 4.78 is 5.81. The van der Waals surface area contributed by atoms with Crippen LogP contribution < -0.4 is 15.4 Å². The van der Waals surface area contributed by atoms with Gasteiger partial charge in [-0.1, -0.05) is 43.5 Å². The van der Waals surface area contributed by atoms with Gasteiger partial charge in [0.15, 0.2) is 0 Å². The molecule has 0 unspecified atom stereocenters. The van der Waals surface area contributed by atoms with Crippen molar-refractivity contribution in [2.24, 2.45) is 0 Å². The fourth-order valence-corrected chi connectivity index (χ4v) is 2.15. The van der Waals surface area contributed by atoms with E-state index in [4.69, 9.17) is 4.74 Å². The summed E-state index contributed by atoms with van der Waals surface area (Å²) in [6.07, 6.45) is 4.17. The normalized spacial score (nSPS) is 10.7. The van der Waals surface area contributed by atoms with Gasteiger partial charge in [-0.3, -0.25) is 4.79 Å². The van der Waals surface area contributed by atoms with E-state index in [1.165, 1.54) is 0 Å². The van der Waals surface area contributed by atoms with Gasteiger partial charge in [-0.2, -0.15) is 0 Å². The number of nitrogens with one attached hydrogen (secondary N) is 2. The molecule has 0 fully saturated rings. The molecule has 1 amide bonds. The predicted octanol–water partition coefficient (Wildman–Crippen LogP) is 4.44. The lowest BCUT2D eigenvalue weighted by Gasteiger charge is -2.09. The molecule has 134 valence electrons. The van der Waals surface area contributed by atoms with E-state index in [9.17, 15) is 4.79 Å². The van der Waals surface area contributed by atoms with Crippen LogP contribution >= 0.6 is 0 Å². The predicted molar refractivity (Wildman–Crippen MR) is 107 cm³/mol. The first-order chi connectivity index (χ1) is 12.6. The molecule has 0 aliphatic heterocycles. The zero-order chi connectivity index (χ0) is 18.8. The van der Waals surface area contributed by atoms with Crippen LogP contribution in [0.1, 0.15) is 12.5 Å². The van der Waals surface area contributed by atoms with E-state index in [0.717, 1.165) is 23.4 Å². The van der Waals surface area contributed by atoms with Gasteiger partial charge in [0.05, 0.1) is 0 Å². The summed E-state index contributed by atoms with van der Waals surface area (Å²) in [7, 11) is 0. The molecule has 0 spiro atoms. The minimum Gasteiger partial charge on any atom is -0.456 e. The van der Waals surface area contributed by atoms with Gasteiger partial charge in [0.25, 0.3) is 0 Å². The van der Waals surface area contributed by atoms with Gasteiger partial charge in [-0.05, 0) is 49.2 Å². The molecule has 2 aromatic rings. The monoisotopic (exact) mass is 348 g/mol. The molecule has 2 aromatic carbocycles. The quantitative estimate of drug-likeness (QED) is 0.400. The van der Waals surface area contributed by atoms with Gasteiger partial charge in [-0.25, -0.2) is 0 Å². The molecule has 4 heteroatoms. The highest BCUT2D eigenvalue weighted by Gasteiger charge is 2.02. The molecule has 0 bridgehead atoms. The molecule has 0 aliphatic carbocycles. The van der Waals surface area contributed by atoms with E-state index in [1.54, 1.807) is 19.2 Å². The van der Waals surface area contributed by atoms with Crippen molar-refractivity contribution in [1.29, 1.82) is 0 Å². The molecule has 2 rings (SSSR count). The first-order valence-electron chi connectivity index (χ1n) is 8.43. The van der Waals surface area contributed by atoms with Gasteiger partial charge in [0.1, 0.15) is 11.5 Å². The Hall–Kier alpha value is -3.27. The molecular weight excluding hydrogens is 324 g/mol. The highest BCUT2D eigenvalue weighted by Crippen LogP contribution is 2.16. The van der Waals surface area contributed by atoms with E-state index in [-0.39, 0.29) is 5.91 Å². The summed E-state index contributed by atoms with van der Waals surface area (Å²) in [6, 6.07) is 17.6. The van der Waals surface area contributed by atoms with Crippen LogP contribution in [0, 0.1) is 0 Å². The Morgan fingerprint density at radius 1 is 1.12 bits per heavy atom. The smallest absolute Gasteiger partial charge is 0.246 e. The number of para-hydroxylation sites is 1. The highest BCUT2D eigenvalue weighted by molar-refractivity contribution is 5.92. The fraction of sp³-hybridized carbons (Fsp3) is 0.136. The first-order valence-corrected chi connectivity index (χ1v) is 8.43. The second-order valence-electron chi connectivity index (χ2n) is 5.79. The lowest BCUT2D eigenvalue weighted by atomic mass is 10.1. The zero-order valence-corrected chi connectivity index (χ0v) is 15.0. The maximum absolute atomic E-state index is 11.5. The summed E-state index contributed by atoms with van der Waals surface area (Å²) in [4.78, 5) is 11.5. The number of rotatable bonds is 9. The molecule has 4 nitrogen and oxygen atoms in total. The molecular formula is C22H24N2O2. The standard InChI is InChI=1S/C22H24N2O2/c1-4-20(16-24-19-8-6-5-7-9-19)26-21-12-10-18(11-13-21)14-15-23-22(25)17(2)3/h4-13,16,24H,1-2,14-15H2,3H3,(H,23,25)/b20-16-. The van der Waals surface area contributed by atoms with Crippen molar-refractivity contribution in [2.45, 2.75) is 13.3 Å². The SMILES string of the molecule is C=C/C(=C/Nc1ccccc1)Oc1ccc(CCNC(=O)C(=C)C)cc1. The number of benzene rings is 2. The number of anilines is 1. The van der Waals surface area contributed by atoms with E-state index in [2.05, 4.69) is 23.8 Å². The van der Waals surface area contributed by atoms with Gasteiger partial charge < -0.3 is 15.4 Å². The van der Waals surface area contributed by atoms with Gasteiger partial charge >= 0.3 is 0 Å². The average molecular weight is 348 g/mol. The van der Waals surface area contributed by atoms with E-state index >= 15 is 0 Å². The second-order valence-corrected chi connectivity index (χ2v) is 5.79. The topological polar surface area (TPSA) is 50.4 Å². The molecule has 0 atom stereocenters. The van der Waals surface area contributed by atoms with Crippen LogP contribution in [-0.4, -0.2) is 12.5 Å². The number of allylic oxidation sites excluding steroid dienone is 1. The Morgan fingerprint density at radius 3 is 2.42 bits per heavy atom. The van der Waals surface area contributed by atoms with E-state index in [1.807, 2.05) is 54.6 Å². The molecule has 0 heterocycles. The van der Waals surface area contributed by atoms with Crippen LogP contribution in [0.3, 0.4) is 0 Å². The van der Waals surface area contributed by atoms with Crippen molar-refractivity contribution >= 4 is 11.6 Å². The number of hydrogen-bond donors (Lipinski definition) is 2. The summed E-state index contributed by atoms with van der Waals surface area (Å²) >= 11 is 0. The van der Waals surface area contributed by atoms with Crippen molar-refractivity contribution < 1.29 is 9.53 Å². The summed E-state index contributed by atoms with van der Waals surface area (Å²) in [5, 5.41) is 5.99. The van der Waals surface area contributed by atoms with Gasteiger partial charge in [0.2, 0.25) is 5.91 Å². The summed E-state index contributed by atoms with van der Waals surface area (Å²) in [5.74, 6) is 1.23. The van der Waals surface area contributed by atoms with Gasteiger partial charge in [-0.15, -0.1) is 0 Å². The number of hydrogen-bond acceptors (Lipinski definition) is 3. The van der Waals surface area contributed by atoms with Crippen molar-refractivity contribution in [2.75, 3.05) is 11.9 Å². The molecule has 0 saturated heterocycles. The van der Waals surface area contributed by atoms with Crippen LogP contribution in [0.2, 0.25) is 0 Å². The maximum Gasteiger partial charge on any atom is 0.246 e. The lowest BCUT2D eigenvalue weighted by molar-refractivity contribution is -0.117. The Labute approximate surface area is 154 Å². The maximum atomic E-state index is 11.5. The van der Waals surface area contributed by atoms with Crippen LogP contribution in [0.4, 0.5) is 5.69 Å². The number of carbonyl (C=O) groups excluding carboxylic acids is 1. The van der Waals surface area contributed by atoms with Crippen LogP contribution in [0.5, 0.6) is 5.75 Å². The highest BCUT2D eigenvalue weighted by atomic mass is 16.5. The minimum absolute atomic E-state index is 0.114. The molecule has 2 N–H and O–H groups in total. The average Bonchev–Trinajstić information content (AvgIpc) is 2.67. The third-order valence-corrected chi connectivity index (χ3v) is 3.60. The zero-order valence-electron chi connectivity index (χ0n) is 15.0. The Bertz CT molecular complexity index is 778. The summed E-state index contributed by atoms with van der Waals surface area (Å²) in [5.41, 5.74) is 2.61. The third kappa shape index (κ3) is 6.32. The minimum atomic E-state index is -0.114. The van der Waals surface area contributed by atoms with E-state index < -0.39 is 0 Å². The van der Waals surface area contributed by atoms with Crippen LogP contribution in [-0.2, 0) is 11.2 Å². The molecule has 26 heavy (non-hydrogen) atoms. The second kappa shape index (κ2) is 9.89. The third-order valence-electron chi connectivity index (χ3n) is 3.60. The Morgan fingerprint density at radius 2 is 1.81 bits per heavy atom.